The molecule has 1 aliphatic carbocycles. The van der Waals surface area contributed by atoms with Crippen molar-refractivity contribution < 1.29 is 22.1 Å². The Bertz CT molecular complexity index is 1540. The van der Waals surface area contributed by atoms with Crippen LogP contribution in [-0.2, 0) is 10.0 Å². The van der Waals surface area contributed by atoms with E-state index in [1.165, 1.54) is 60.4 Å². The Morgan fingerprint density at radius 2 is 2.00 bits per heavy atom. The maximum atomic E-state index is 15.0. The first-order valence-corrected chi connectivity index (χ1v) is 12.2. The van der Waals surface area contributed by atoms with Crippen LogP contribution in [0, 0.1) is 5.82 Å². The third kappa shape index (κ3) is 3.89. The number of ether oxygens (including phenoxy) is 1. The van der Waals surface area contributed by atoms with Crippen molar-refractivity contribution in [2.75, 3.05) is 11.8 Å². The van der Waals surface area contributed by atoms with Gasteiger partial charge in [0.05, 0.1) is 23.2 Å². The molecule has 1 N–H and O–H groups in total. The van der Waals surface area contributed by atoms with E-state index in [1.54, 1.807) is 6.07 Å². The number of anilines is 1. The number of hydrogen-bond donors (Lipinski definition) is 1. The second-order valence-electron chi connectivity index (χ2n) is 7.77. The van der Waals surface area contributed by atoms with E-state index in [2.05, 4.69) is 23.6 Å². The quantitative estimate of drug-likeness (QED) is 0.417. The molecule has 3 atom stereocenters. The number of benzene rings is 2. The van der Waals surface area contributed by atoms with Crippen molar-refractivity contribution in [1.82, 2.24) is 9.72 Å². The molecule has 8 nitrogen and oxygen atoms in total. The number of rotatable bonds is 6. The van der Waals surface area contributed by atoms with Gasteiger partial charge in [0.15, 0.2) is 5.82 Å². The summed E-state index contributed by atoms with van der Waals surface area (Å²) in [5, 5.41) is 4.02. The van der Waals surface area contributed by atoms with Crippen LogP contribution in [0.1, 0.15) is 17.9 Å². The van der Waals surface area contributed by atoms with E-state index in [0.29, 0.717) is 27.9 Å². The molecule has 5 rings (SSSR count). The van der Waals surface area contributed by atoms with E-state index in [1.807, 2.05) is 0 Å². The first-order valence-electron chi connectivity index (χ1n) is 10.0. The summed E-state index contributed by atoms with van der Waals surface area (Å²) in [5.74, 6) is 0.0890. The van der Waals surface area contributed by atoms with Gasteiger partial charge in [0, 0.05) is 23.6 Å². The lowest BCUT2D eigenvalue weighted by atomic mass is 10.1. The second-order valence-corrected chi connectivity index (χ2v) is 10.3. The number of methoxy groups -OCH3 is 1. The molecule has 1 saturated carbocycles. The van der Waals surface area contributed by atoms with Crippen molar-refractivity contribution in [3.8, 4) is 11.4 Å². The zero-order chi connectivity index (χ0) is 23.3. The van der Waals surface area contributed by atoms with Crippen LogP contribution in [0.4, 0.5) is 10.2 Å². The summed E-state index contributed by atoms with van der Waals surface area (Å²) < 4.78 is 54.2. The lowest BCUT2D eigenvalue weighted by molar-refractivity contribution is 0.410. The zero-order valence-electron chi connectivity index (χ0n) is 17.4. The van der Waals surface area contributed by atoms with Crippen molar-refractivity contribution in [2.45, 2.75) is 22.9 Å². The van der Waals surface area contributed by atoms with Crippen LogP contribution in [-0.4, -0.2) is 30.9 Å². The molecule has 2 aromatic heterocycles. The number of nitrogens with zero attached hydrogens (tertiary/aromatic N) is 2. The van der Waals surface area contributed by atoms with Crippen LogP contribution in [0.2, 0.25) is 0 Å². The van der Waals surface area contributed by atoms with Gasteiger partial charge in [-0.15, -0.1) is 9.24 Å². The van der Waals surface area contributed by atoms with E-state index in [4.69, 9.17) is 4.74 Å². The van der Waals surface area contributed by atoms with E-state index < -0.39 is 21.4 Å². The standard InChI is InChI=1S/C22H19FN3O5PS/c1-30-19-9-14(15-10-20(15)32)16(23)11-18(19)26-17-4-3-13(8-12(17)2-5-22(26)27)33(28,29)25-21-6-7-31-24-21/h2-9,11,15,20H,10,32H2,1H3,(H,24,25)/t15-,20+/m1/s1. The van der Waals surface area contributed by atoms with Gasteiger partial charge in [-0.3, -0.25) is 14.1 Å². The Morgan fingerprint density at radius 1 is 1.21 bits per heavy atom. The van der Waals surface area contributed by atoms with Crippen LogP contribution >= 0.6 is 9.24 Å². The van der Waals surface area contributed by atoms with Gasteiger partial charge in [-0.1, -0.05) is 5.16 Å². The number of sulfonamides is 1. The molecule has 2 heterocycles. The predicted octanol–water partition coefficient (Wildman–Crippen LogP) is 3.66. The van der Waals surface area contributed by atoms with E-state index in [-0.39, 0.29) is 22.3 Å². The van der Waals surface area contributed by atoms with Crippen LogP contribution in [0.25, 0.3) is 16.6 Å². The normalized spacial score (nSPS) is 17.8. The first-order chi connectivity index (χ1) is 15.8. The van der Waals surface area contributed by atoms with Crippen molar-refractivity contribution in [3.63, 3.8) is 0 Å². The number of hydrogen-bond acceptors (Lipinski definition) is 6. The van der Waals surface area contributed by atoms with Gasteiger partial charge in [0.1, 0.15) is 17.8 Å². The molecule has 170 valence electrons. The SMILES string of the molecule is COc1cc([C@H]2C[C@@H]2P)c(F)cc1-n1c(=O)ccc2cc(S(=O)(=O)Nc3ccon3)ccc21. The summed E-state index contributed by atoms with van der Waals surface area (Å²) in [6.45, 7) is 0. The molecule has 1 fully saturated rings. The number of pyridine rings is 1. The van der Waals surface area contributed by atoms with Crippen LogP contribution < -0.4 is 15.0 Å². The minimum absolute atomic E-state index is 0.0306. The summed E-state index contributed by atoms with van der Waals surface area (Å²) in [7, 11) is 0.212. The molecule has 11 heteroatoms. The molecule has 1 unspecified atom stereocenters. The third-order valence-corrected chi connectivity index (χ3v) is 7.72. The second kappa shape index (κ2) is 7.97. The molecule has 0 radical (unpaired) electrons. The highest BCUT2D eigenvalue weighted by Crippen LogP contribution is 2.48. The van der Waals surface area contributed by atoms with Gasteiger partial charge in [0.25, 0.3) is 15.6 Å². The maximum absolute atomic E-state index is 15.0. The Balaban J connectivity index is 1.63. The van der Waals surface area contributed by atoms with E-state index in [0.717, 1.165) is 6.42 Å². The average molecular weight is 487 g/mol. The molecule has 0 spiro atoms. The summed E-state index contributed by atoms with van der Waals surface area (Å²) in [6, 6.07) is 11.4. The Hall–Kier alpha value is -3.23. The van der Waals surface area contributed by atoms with Crippen LogP contribution in [0.15, 0.2) is 69.0 Å². The first kappa shape index (κ1) is 21.6. The van der Waals surface area contributed by atoms with Gasteiger partial charge >= 0.3 is 0 Å². The molecule has 0 saturated heterocycles. The Morgan fingerprint density at radius 3 is 2.67 bits per heavy atom. The minimum atomic E-state index is -3.94. The lowest BCUT2D eigenvalue weighted by Gasteiger charge is -2.16. The number of halogens is 1. The molecule has 2 aromatic carbocycles. The molecule has 4 aromatic rings. The van der Waals surface area contributed by atoms with Gasteiger partial charge in [-0.25, -0.2) is 12.8 Å². The molecule has 0 amide bonds. The van der Waals surface area contributed by atoms with Gasteiger partial charge in [-0.2, -0.15) is 0 Å². The Labute approximate surface area is 190 Å². The topological polar surface area (TPSA) is 103 Å². The molecule has 0 aliphatic heterocycles. The molecule has 1 aliphatic rings. The smallest absolute Gasteiger partial charge is 0.263 e. The fraction of sp³-hybridized carbons (Fsp3) is 0.182. The molecular formula is C22H19FN3O5PS. The lowest BCUT2D eigenvalue weighted by Crippen LogP contribution is -2.19. The van der Waals surface area contributed by atoms with Crippen molar-refractivity contribution >= 4 is 36.0 Å². The number of nitrogens with one attached hydrogen (secondary N) is 1. The van der Waals surface area contributed by atoms with E-state index in [9.17, 15) is 17.6 Å². The summed E-state index contributed by atoms with van der Waals surface area (Å²) in [4.78, 5) is 12.8. The number of fused-ring (bicyclic) bond motifs is 1. The molecule has 0 bridgehead atoms. The monoisotopic (exact) mass is 487 g/mol. The van der Waals surface area contributed by atoms with Gasteiger partial charge in [-0.05, 0) is 53.9 Å². The van der Waals surface area contributed by atoms with Crippen molar-refractivity contribution in [1.29, 1.82) is 0 Å². The minimum Gasteiger partial charge on any atom is -0.495 e. The highest BCUT2D eigenvalue weighted by atomic mass is 32.2. The third-order valence-electron chi connectivity index (χ3n) is 5.63. The Kier molecular flexibility index (Phi) is 5.22. The maximum Gasteiger partial charge on any atom is 0.263 e. The molecular weight excluding hydrogens is 468 g/mol. The highest BCUT2D eigenvalue weighted by molar-refractivity contribution is 7.92. The van der Waals surface area contributed by atoms with Crippen LogP contribution in [0.3, 0.4) is 0 Å². The van der Waals surface area contributed by atoms with Gasteiger partial charge < -0.3 is 9.26 Å². The summed E-state index contributed by atoms with van der Waals surface area (Å²) in [6.07, 6.45) is 2.12. The van der Waals surface area contributed by atoms with Crippen molar-refractivity contribution in [2.24, 2.45) is 0 Å². The molecule has 33 heavy (non-hydrogen) atoms. The summed E-state index contributed by atoms with van der Waals surface area (Å²) >= 11 is 0. The van der Waals surface area contributed by atoms with Crippen molar-refractivity contribution in [3.05, 3.63) is 76.5 Å². The number of aromatic nitrogens is 2. The predicted molar refractivity (Wildman–Crippen MR) is 124 cm³/mol. The van der Waals surface area contributed by atoms with Crippen LogP contribution in [0.5, 0.6) is 5.75 Å². The summed E-state index contributed by atoms with van der Waals surface area (Å²) in [5.41, 5.74) is 1.12. The largest absolute Gasteiger partial charge is 0.495 e. The average Bonchev–Trinajstić information content (AvgIpc) is 3.28. The highest BCUT2D eigenvalue weighted by Gasteiger charge is 2.37. The van der Waals surface area contributed by atoms with Gasteiger partial charge in [0.2, 0.25) is 0 Å². The zero-order valence-corrected chi connectivity index (χ0v) is 19.3. The fourth-order valence-electron chi connectivity index (χ4n) is 3.85. The fourth-order valence-corrected chi connectivity index (χ4v) is 5.38. The van der Waals surface area contributed by atoms with E-state index >= 15 is 0 Å².